The van der Waals surface area contributed by atoms with Gasteiger partial charge < -0.3 is 10.1 Å². The van der Waals surface area contributed by atoms with Gasteiger partial charge in [0.05, 0.1) is 17.2 Å². The molecule has 0 saturated carbocycles. The summed E-state index contributed by atoms with van der Waals surface area (Å²) in [6, 6.07) is 21.6. The fourth-order valence-electron chi connectivity index (χ4n) is 2.90. The predicted octanol–water partition coefficient (Wildman–Crippen LogP) is 3.61. The van der Waals surface area contributed by atoms with E-state index in [1.165, 1.54) is 30.5 Å². The van der Waals surface area contributed by atoms with Crippen LogP contribution in [0.5, 0.6) is 5.75 Å². The van der Waals surface area contributed by atoms with Crippen molar-refractivity contribution in [2.24, 2.45) is 5.10 Å². The van der Waals surface area contributed by atoms with E-state index in [-0.39, 0.29) is 29.8 Å². The summed E-state index contributed by atoms with van der Waals surface area (Å²) in [7, 11) is 0. The molecule has 33 heavy (non-hydrogen) atoms. The topological polar surface area (TPSA) is 123 Å². The minimum absolute atomic E-state index is 0.121. The van der Waals surface area contributed by atoms with Crippen molar-refractivity contribution in [3.05, 3.63) is 106 Å². The number of ether oxygens (including phenoxy) is 1. The van der Waals surface area contributed by atoms with Crippen LogP contribution in [0.15, 0.2) is 84.0 Å². The van der Waals surface area contributed by atoms with Gasteiger partial charge in [-0.3, -0.25) is 19.7 Å². The molecule has 9 heteroatoms. The van der Waals surface area contributed by atoms with Crippen LogP contribution in [-0.4, -0.2) is 29.6 Å². The van der Waals surface area contributed by atoms with Crippen molar-refractivity contribution < 1.29 is 19.2 Å². The summed E-state index contributed by atoms with van der Waals surface area (Å²) >= 11 is 0. The van der Waals surface area contributed by atoms with E-state index < -0.39 is 10.8 Å². The molecular formula is C24H22N4O5. The second-order valence-electron chi connectivity index (χ2n) is 7.06. The lowest BCUT2D eigenvalue weighted by molar-refractivity contribution is -0.384. The van der Waals surface area contributed by atoms with Crippen LogP contribution in [0.4, 0.5) is 5.69 Å². The lowest BCUT2D eigenvalue weighted by Gasteiger charge is -2.14. The molecule has 0 saturated heterocycles. The maximum Gasteiger partial charge on any atom is 0.271 e. The van der Waals surface area contributed by atoms with Crippen molar-refractivity contribution in [1.82, 2.24) is 10.7 Å². The van der Waals surface area contributed by atoms with E-state index in [1.54, 1.807) is 24.3 Å². The van der Waals surface area contributed by atoms with E-state index in [2.05, 4.69) is 15.8 Å². The van der Waals surface area contributed by atoms with E-state index >= 15 is 0 Å². The molecule has 2 amide bonds. The monoisotopic (exact) mass is 446 g/mol. The average molecular weight is 446 g/mol. The molecular weight excluding hydrogens is 424 g/mol. The molecule has 1 atom stereocenters. The summed E-state index contributed by atoms with van der Waals surface area (Å²) in [6.07, 6.45) is 1.42. The molecule has 0 bridgehead atoms. The summed E-state index contributed by atoms with van der Waals surface area (Å²) in [6.45, 7) is 1.78. The number of hydrogen-bond acceptors (Lipinski definition) is 6. The first kappa shape index (κ1) is 23.1. The third-order valence-electron chi connectivity index (χ3n) is 4.63. The Morgan fingerprint density at radius 3 is 2.48 bits per heavy atom. The van der Waals surface area contributed by atoms with Crippen molar-refractivity contribution in [3.63, 3.8) is 0 Å². The van der Waals surface area contributed by atoms with Crippen LogP contribution < -0.4 is 15.5 Å². The van der Waals surface area contributed by atoms with Gasteiger partial charge in [0, 0.05) is 17.7 Å². The second-order valence-corrected chi connectivity index (χ2v) is 7.06. The third-order valence-corrected chi connectivity index (χ3v) is 4.63. The summed E-state index contributed by atoms with van der Waals surface area (Å²) in [4.78, 5) is 34.4. The lowest BCUT2D eigenvalue weighted by atomic mass is 10.1. The van der Waals surface area contributed by atoms with Crippen LogP contribution in [0, 0.1) is 10.1 Å². The fraction of sp³-hybridized carbons (Fsp3) is 0.125. The highest BCUT2D eigenvalue weighted by Gasteiger charge is 2.11. The Bertz CT molecular complexity index is 1150. The van der Waals surface area contributed by atoms with Crippen molar-refractivity contribution in [3.8, 4) is 5.75 Å². The highest BCUT2D eigenvalue weighted by molar-refractivity contribution is 5.95. The number of nitro groups is 1. The molecule has 3 rings (SSSR count). The molecule has 0 aliphatic carbocycles. The number of carbonyl (C=O) groups excluding carboxylic acids is 2. The molecule has 0 aliphatic rings. The lowest BCUT2D eigenvalue weighted by Crippen LogP contribution is -2.31. The second kappa shape index (κ2) is 11.2. The summed E-state index contributed by atoms with van der Waals surface area (Å²) in [5.74, 6) is -0.290. The largest absolute Gasteiger partial charge is 0.484 e. The standard InChI is InChI=1S/C24H22N4O5/c1-17(19-6-3-2-4-7-19)26-23(29)16-33-22-12-10-18(11-13-22)15-25-27-24(30)20-8-5-9-21(14-20)28(31)32/h2-15,17H,16H2,1H3,(H,26,29)(H,27,30)/b25-15-/t17-/m0/s1. The summed E-state index contributed by atoms with van der Waals surface area (Å²) in [5, 5.41) is 17.5. The molecule has 0 aromatic heterocycles. The molecule has 3 aromatic carbocycles. The number of nitrogens with one attached hydrogen (secondary N) is 2. The van der Waals surface area contributed by atoms with Crippen molar-refractivity contribution >= 4 is 23.7 Å². The number of hydrazone groups is 1. The third kappa shape index (κ3) is 7.00. The molecule has 0 fully saturated rings. The van der Waals surface area contributed by atoms with Gasteiger partial charge in [-0.2, -0.15) is 5.10 Å². The first-order chi connectivity index (χ1) is 15.9. The number of amides is 2. The Labute approximate surface area is 190 Å². The molecule has 2 N–H and O–H groups in total. The molecule has 0 radical (unpaired) electrons. The van der Waals surface area contributed by atoms with Crippen LogP contribution in [0.25, 0.3) is 0 Å². The first-order valence-corrected chi connectivity index (χ1v) is 10.1. The van der Waals surface area contributed by atoms with E-state index in [9.17, 15) is 19.7 Å². The number of nitro benzene ring substituents is 1. The van der Waals surface area contributed by atoms with E-state index in [1.807, 2.05) is 37.3 Å². The normalized spacial score (nSPS) is 11.5. The highest BCUT2D eigenvalue weighted by atomic mass is 16.6. The fourth-order valence-corrected chi connectivity index (χ4v) is 2.90. The summed E-state index contributed by atoms with van der Waals surface area (Å²) < 4.78 is 5.51. The van der Waals surface area contributed by atoms with Crippen LogP contribution in [-0.2, 0) is 4.79 Å². The van der Waals surface area contributed by atoms with E-state index in [0.717, 1.165) is 5.56 Å². The number of hydrogen-bond donors (Lipinski definition) is 2. The molecule has 0 unspecified atom stereocenters. The SMILES string of the molecule is C[C@H](NC(=O)COc1ccc(/C=N\NC(=O)c2cccc([N+](=O)[O-])c2)cc1)c1ccccc1. The maximum absolute atomic E-state index is 12.1. The van der Waals surface area contributed by atoms with Crippen molar-refractivity contribution in [2.45, 2.75) is 13.0 Å². The Morgan fingerprint density at radius 1 is 1.06 bits per heavy atom. The number of non-ortho nitro benzene ring substituents is 1. The average Bonchev–Trinajstić information content (AvgIpc) is 2.84. The predicted molar refractivity (Wildman–Crippen MR) is 123 cm³/mol. The highest BCUT2D eigenvalue weighted by Crippen LogP contribution is 2.14. The minimum atomic E-state index is -0.572. The summed E-state index contributed by atoms with van der Waals surface area (Å²) in [5.41, 5.74) is 3.97. The van der Waals surface area contributed by atoms with Gasteiger partial charge >= 0.3 is 0 Å². The number of nitrogens with zero attached hydrogens (tertiary/aromatic N) is 2. The molecule has 3 aromatic rings. The molecule has 9 nitrogen and oxygen atoms in total. The number of carbonyl (C=O) groups is 2. The molecule has 0 spiro atoms. The number of benzene rings is 3. The smallest absolute Gasteiger partial charge is 0.271 e. The Morgan fingerprint density at radius 2 is 1.79 bits per heavy atom. The van der Waals surface area contributed by atoms with Gasteiger partial charge in [0.1, 0.15) is 5.75 Å². The molecule has 0 heterocycles. The Hall–Kier alpha value is -4.53. The van der Waals surface area contributed by atoms with Crippen LogP contribution >= 0.6 is 0 Å². The molecule has 168 valence electrons. The van der Waals surface area contributed by atoms with E-state index in [4.69, 9.17) is 4.74 Å². The quantitative estimate of drug-likeness (QED) is 0.295. The van der Waals surface area contributed by atoms with Crippen LogP contribution in [0.3, 0.4) is 0 Å². The van der Waals surface area contributed by atoms with Gasteiger partial charge in [0.2, 0.25) is 0 Å². The van der Waals surface area contributed by atoms with Gasteiger partial charge in [-0.05, 0) is 48.4 Å². The van der Waals surface area contributed by atoms with Crippen LogP contribution in [0.1, 0.15) is 34.5 Å². The Balaban J connectivity index is 1.46. The van der Waals surface area contributed by atoms with Gasteiger partial charge in [0.25, 0.3) is 17.5 Å². The van der Waals surface area contributed by atoms with Crippen molar-refractivity contribution in [1.29, 1.82) is 0 Å². The zero-order chi connectivity index (χ0) is 23.6. The van der Waals surface area contributed by atoms with Crippen LogP contribution in [0.2, 0.25) is 0 Å². The van der Waals surface area contributed by atoms with Gasteiger partial charge in [0.15, 0.2) is 6.61 Å². The minimum Gasteiger partial charge on any atom is -0.484 e. The zero-order valence-electron chi connectivity index (χ0n) is 17.8. The maximum atomic E-state index is 12.1. The van der Waals surface area contributed by atoms with Gasteiger partial charge in [-0.1, -0.05) is 36.4 Å². The molecule has 0 aliphatic heterocycles. The van der Waals surface area contributed by atoms with Gasteiger partial charge in [-0.15, -0.1) is 0 Å². The Kier molecular flexibility index (Phi) is 7.85. The zero-order valence-corrected chi connectivity index (χ0v) is 17.8. The number of rotatable bonds is 9. The first-order valence-electron chi connectivity index (χ1n) is 10.1. The van der Waals surface area contributed by atoms with Crippen molar-refractivity contribution in [2.75, 3.05) is 6.61 Å². The van der Waals surface area contributed by atoms with E-state index in [0.29, 0.717) is 11.3 Å². The van der Waals surface area contributed by atoms with Gasteiger partial charge in [-0.25, -0.2) is 5.43 Å².